The first-order valence-corrected chi connectivity index (χ1v) is 11.2. The largest absolute Gasteiger partial charge is 0.507 e. The molecule has 1 aliphatic rings. The second kappa shape index (κ2) is 11.6. The van der Waals surface area contributed by atoms with Crippen molar-refractivity contribution in [3.05, 3.63) is 88.5 Å². The average Bonchev–Trinajstić information content (AvgIpc) is 2.87. The zero-order valence-corrected chi connectivity index (χ0v) is 21.0. The summed E-state index contributed by atoms with van der Waals surface area (Å²) in [5, 5.41) is 11.2. The summed E-state index contributed by atoms with van der Waals surface area (Å²) in [7, 11) is 1.61. The molecule has 184 valence electrons. The first kappa shape index (κ1) is 26.5. The van der Waals surface area contributed by atoms with Crippen LogP contribution >= 0.6 is 24.8 Å². The molecule has 2 aromatic heterocycles. The van der Waals surface area contributed by atoms with Crippen molar-refractivity contribution in [2.24, 2.45) is 0 Å². The van der Waals surface area contributed by atoms with Gasteiger partial charge >= 0.3 is 0 Å². The molecule has 3 heterocycles. The number of hydrogen-bond acceptors (Lipinski definition) is 6. The van der Waals surface area contributed by atoms with E-state index in [0.717, 1.165) is 37.1 Å². The maximum absolute atomic E-state index is 13.3. The lowest BCUT2D eigenvalue weighted by Gasteiger charge is -2.36. The Balaban J connectivity index is 0.00000171. The number of aromatic nitrogens is 1. The van der Waals surface area contributed by atoms with Crippen molar-refractivity contribution < 1.29 is 14.3 Å². The average molecular weight is 515 g/mol. The van der Waals surface area contributed by atoms with Crippen molar-refractivity contribution in [1.29, 1.82) is 0 Å². The van der Waals surface area contributed by atoms with Gasteiger partial charge in [0.15, 0.2) is 0 Å². The highest BCUT2D eigenvalue weighted by molar-refractivity contribution is 5.86. The Morgan fingerprint density at radius 1 is 1.11 bits per heavy atom. The van der Waals surface area contributed by atoms with Gasteiger partial charge in [0, 0.05) is 25.0 Å². The van der Waals surface area contributed by atoms with Crippen molar-refractivity contribution in [2.45, 2.75) is 31.8 Å². The van der Waals surface area contributed by atoms with Gasteiger partial charge in [-0.15, -0.1) is 24.8 Å². The van der Waals surface area contributed by atoms with Crippen molar-refractivity contribution in [2.75, 3.05) is 13.7 Å². The number of ether oxygens (including phenoxy) is 1. The number of aromatic hydroxyl groups is 1. The van der Waals surface area contributed by atoms with E-state index in [1.807, 2.05) is 36.5 Å². The summed E-state index contributed by atoms with van der Waals surface area (Å²) >= 11 is 0. The molecule has 4 aromatic rings. The Labute approximate surface area is 216 Å². The molecular weight excluding hydrogens is 487 g/mol. The van der Waals surface area contributed by atoms with Gasteiger partial charge in [0.25, 0.3) is 0 Å². The number of phenols is 1. The SMILES string of the molecule is COc1ccc(-c2coc3c(CN4CCCC[C@H]4c4cccnc4)c(O)ccc3c2=O)cc1.Cl.Cl. The molecule has 1 atom stereocenters. The number of hydrogen-bond donors (Lipinski definition) is 1. The highest BCUT2D eigenvalue weighted by atomic mass is 35.5. The summed E-state index contributed by atoms with van der Waals surface area (Å²) in [5.41, 5.74) is 3.36. The summed E-state index contributed by atoms with van der Waals surface area (Å²) in [6, 6.07) is 14.8. The molecule has 1 N–H and O–H groups in total. The number of rotatable bonds is 5. The fourth-order valence-electron chi connectivity index (χ4n) is 4.70. The van der Waals surface area contributed by atoms with Crippen LogP contribution < -0.4 is 10.2 Å². The monoisotopic (exact) mass is 514 g/mol. The molecule has 1 aliphatic heterocycles. The fraction of sp³-hybridized carbons (Fsp3) is 0.259. The van der Waals surface area contributed by atoms with Gasteiger partial charge in [0.2, 0.25) is 5.43 Å². The van der Waals surface area contributed by atoms with Crippen LogP contribution in [0.1, 0.15) is 36.4 Å². The van der Waals surface area contributed by atoms with Crippen LogP contribution in [0.4, 0.5) is 0 Å². The van der Waals surface area contributed by atoms with Crippen LogP contribution in [0.5, 0.6) is 11.5 Å². The minimum absolute atomic E-state index is 0. The molecule has 0 aliphatic carbocycles. The smallest absolute Gasteiger partial charge is 0.200 e. The summed E-state index contributed by atoms with van der Waals surface area (Å²) in [5.74, 6) is 0.860. The predicted molar refractivity (Wildman–Crippen MR) is 142 cm³/mol. The zero-order valence-electron chi connectivity index (χ0n) is 19.3. The molecule has 0 saturated carbocycles. The Kier molecular flexibility index (Phi) is 8.78. The highest BCUT2D eigenvalue weighted by Crippen LogP contribution is 2.35. The number of methoxy groups -OCH3 is 1. The van der Waals surface area contributed by atoms with Gasteiger partial charge < -0.3 is 14.3 Å². The first-order valence-electron chi connectivity index (χ1n) is 11.2. The molecule has 5 rings (SSSR count). The van der Waals surface area contributed by atoms with Crippen LogP contribution in [0.2, 0.25) is 0 Å². The molecule has 6 nitrogen and oxygen atoms in total. The van der Waals surface area contributed by atoms with Gasteiger partial charge in [-0.05, 0) is 60.8 Å². The van der Waals surface area contributed by atoms with Crippen LogP contribution in [-0.2, 0) is 6.54 Å². The number of halogens is 2. The molecule has 0 unspecified atom stereocenters. The van der Waals surface area contributed by atoms with E-state index in [2.05, 4.69) is 16.0 Å². The number of pyridine rings is 1. The van der Waals surface area contributed by atoms with Crippen LogP contribution in [0.25, 0.3) is 22.1 Å². The third kappa shape index (κ3) is 5.30. The van der Waals surface area contributed by atoms with Gasteiger partial charge in [0.05, 0.1) is 23.6 Å². The summed E-state index contributed by atoms with van der Waals surface area (Å²) in [4.78, 5) is 20.0. The van der Waals surface area contributed by atoms with E-state index < -0.39 is 0 Å². The number of benzene rings is 2. The topological polar surface area (TPSA) is 75.8 Å². The summed E-state index contributed by atoms with van der Waals surface area (Å²) < 4.78 is 11.2. The second-order valence-electron chi connectivity index (χ2n) is 8.42. The third-order valence-corrected chi connectivity index (χ3v) is 6.46. The zero-order chi connectivity index (χ0) is 22.8. The number of nitrogens with zero attached hydrogens (tertiary/aromatic N) is 2. The number of phenolic OH excluding ortho intramolecular Hbond substituents is 1. The van der Waals surface area contributed by atoms with Gasteiger partial charge in [-0.1, -0.05) is 24.6 Å². The molecule has 0 spiro atoms. The lowest BCUT2D eigenvalue weighted by atomic mass is 9.95. The second-order valence-corrected chi connectivity index (χ2v) is 8.42. The van der Waals surface area contributed by atoms with E-state index >= 15 is 0 Å². The summed E-state index contributed by atoms with van der Waals surface area (Å²) in [6.07, 6.45) is 8.45. The molecule has 1 saturated heterocycles. The quantitative estimate of drug-likeness (QED) is 0.344. The molecular formula is C27H28Cl2N2O4. The van der Waals surface area contributed by atoms with Gasteiger partial charge in [0.1, 0.15) is 23.3 Å². The Hall–Kier alpha value is -3.06. The van der Waals surface area contributed by atoms with Crippen molar-refractivity contribution in [1.82, 2.24) is 9.88 Å². The number of likely N-dealkylation sites (tertiary alicyclic amines) is 1. The standard InChI is InChI=1S/C27H26N2O4.2ClH/c1-32-20-9-7-18(8-10-20)23-17-33-27-21(26(23)31)11-12-25(30)22(27)16-29-14-3-2-6-24(29)19-5-4-13-28-15-19;;/h4-5,7-13,15,17,24,30H,2-3,6,14,16H2,1H3;2*1H/t24-;;/m0../s1. The summed E-state index contributed by atoms with van der Waals surface area (Å²) in [6.45, 7) is 1.40. The maximum Gasteiger partial charge on any atom is 0.200 e. The van der Waals surface area contributed by atoms with Crippen LogP contribution in [0, 0.1) is 0 Å². The van der Waals surface area contributed by atoms with Gasteiger partial charge in [-0.25, -0.2) is 0 Å². The van der Waals surface area contributed by atoms with E-state index in [4.69, 9.17) is 9.15 Å². The van der Waals surface area contributed by atoms with Crippen molar-refractivity contribution in [3.8, 4) is 22.6 Å². The van der Waals surface area contributed by atoms with Crippen LogP contribution in [0.3, 0.4) is 0 Å². The van der Waals surface area contributed by atoms with Crippen LogP contribution in [0.15, 0.2) is 76.4 Å². The molecule has 2 aromatic carbocycles. The van der Waals surface area contributed by atoms with Crippen LogP contribution in [-0.4, -0.2) is 28.6 Å². The van der Waals surface area contributed by atoms with Gasteiger partial charge in [-0.2, -0.15) is 0 Å². The minimum atomic E-state index is -0.120. The van der Waals surface area contributed by atoms with Crippen molar-refractivity contribution in [3.63, 3.8) is 0 Å². The molecule has 35 heavy (non-hydrogen) atoms. The third-order valence-electron chi connectivity index (χ3n) is 6.46. The number of piperidine rings is 1. The Bertz CT molecular complexity index is 1330. The lowest BCUT2D eigenvalue weighted by Crippen LogP contribution is -2.33. The van der Waals surface area contributed by atoms with E-state index in [1.54, 1.807) is 25.4 Å². The fourth-order valence-corrected chi connectivity index (χ4v) is 4.70. The molecule has 0 bridgehead atoms. The lowest BCUT2D eigenvalue weighted by molar-refractivity contribution is 0.139. The minimum Gasteiger partial charge on any atom is -0.507 e. The maximum atomic E-state index is 13.3. The molecule has 0 radical (unpaired) electrons. The molecule has 1 fully saturated rings. The molecule has 0 amide bonds. The van der Waals surface area contributed by atoms with Gasteiger partial charge in [-0.3, -0.25) is 14.7 Å². The predicted octanol–water partition coefficient (Wildman–Crippen LogP) is 6.14. The Morgan fingerprint density at radius 2 is 1.91 bits per heavy atom. The van der Waals surface area contributed by atoms with E-state index in [1.165, 1.54) is 11.8 Å². The highest BCUT2D eigenvalue weighted by Gasteiger charge is 2.26. The van der Waals surface area contributed by atoms with Crippen molar-refractivity contribution >= 4 is 35.8 Å². The van der Waals surface area contributed by atoms with E-state index in [0.29, 0.717) is 28.6 Å². The van der Waals surface area contributed by atoms with E-state index in [9.17, 15) is 9.90 Å². The molecule has 8 heteroatoms. The number of fused-ring (bicyclic) bond motifs is 1. The van der Waals surface area contributed by atoms with E-state index in [-0.39, 0.29) is 42.0 Å². The normalized spacial score (nSPS) is 15.7. The Morgan fingerprint density at radius 3 is 2.63 bits per heavy atom. The first-order chi connectivity index (χ1) is 16.2.